The second kappa shape index (κ2) is 14.0. The van der Waals surface area contributed by atoms with Crippen LogP contribution in [-0.2, 0) is 14.3 Å². The number of esters is 1. The van der Waals surface area contributed by atoms with Gasteiger partial charge in [0.1, 0.15) is 30.8 Å². The van der Waals surface area contributed by atoms with Gasteiger partial charge in [0.15, 0.2) is 0 Å². The first kappa shape index (κ1) is 26.1. The minimum atomic E-state index is -0.923. The summed E-state index contributed by atoms with van der Waals surface area (Å²) in [6, 6.07) is 15.2. The number of amides is 2. The van der Waals surface area contributed by atoms with Crippen LogP contribution in [0.2, 0.25) is 0 Å². The van der Waals surface area contributed by atoms with Gasteiger partial charge in [0.05, 0.1) is 13.0 Å². The molecule has 3 rings (SSSR count). The van der Waals surface area contributed by atoms with Crippen LogP contribution < -0.4 is 14.8 Å². The Hall–Kier alpha value is -3.55. The Labute approximate surface area is 206 Å². The summed E-state index contributed by atoms with van der Waals surface area (Å²) < 4.78 is 16.5. The highest BCUT2D eigenvalue weighted by Gasteiger charge is 2.35. The summed E-state index contributed by atoms with van der Waals surface area (Å²) in [7, 11) is 0. The molecule has 1 N–H and O–H groups in total. The molecule has 1 saturated heterocycles. The number of carbonyl (C=O) groups is 3. The maximum absolute atomic E-state index is 13.1. The van der Waals surface area contributed by atoms with Crippen molar-refractivity contribution in [2.45, 2.75) is 45.1 Å². The van der Waals surface area contributed by atoms with Gasteiger partial charge in [-0.1, -0.05) is 44.4 Å². The average Bonchev–Trinajstić information content (AvgIpc) is 2.88. The summed E-state index contributed by atoms with van der Waals surface area (Å²) in [5, 5.41) is 2.72. The van der Waals surface area contributed by atoms with Crippen molar-refractivity contribution >= 4 is 17.8 Å². The van der Waals surface area contributed by atoms with Gasteiger partial charge in [-0.3, -0.25) is 14.4 Å². The Morgan fingerprint density at radius 2 is 1.63 bits per heavy atom. The van der Waals surface area contributed by atoms with Gasteiger partial charge >= 0.3 is 5.97 Å². The number of benzene rings is 2. The number of ether oxygens (including phenoxy) is 3. The van der Waals surface area contributed by atoms with E-state index < -0.39 is 12.0 Å². The normalized spacial score (nSPS) is 15.3. The number of carbonyl (C=O) groups excluding carboxylic acids is 3. The number of hydrogen-bond donors (Lipinski definition) is 1. The van der Waals surface area contributed by atoms with Crippen LogP contribution in [0, 0.1) is 0 Å². The molecule has 8 heteroatoms. The molecule has 35 heavy (non-hydrogen) atoms. The number of nitrogens with one attached hydrogen (secondary N) is 1. The fourth-order valence-corrected chi connectivity index (χ4v) is 3.79. The van der Waals surface area contributed by atoms with E-state index in [-0.39, 0.29) is 31.4 Å². The van der Waals surface area contributed by atoms with E-state index in [1.165, 1.54) is 17.7 Å². The van der Waals surface area contributed by atoms with Crippen LogP contribution >= 0.6 is 0 Å². The molecular formula is C27H34N2O6. The largest absolute Gasteiger partial charge is 0.494 e. The molecule has 0 spiro atoms. The molecule has 0 radical (unpaired) electrons. The summed E-state index contributed by atoms with van der Waals surface area (Å²) >= 11 is 0. The summed E-state index contributed by atoms with van der Waals surface area (Å²) in [6.45, 7) is 3.70. The second-order valence-corrected chi connectivity index (χ2v) is 8.32. The molecular weight excluding hydrogens is 448 g/mol. The van der Waals surface area contributed by atoms with Crippen LogP contribution in [0.4, 0.5) is 0 Å². The summed E-state index contributed by atoms with van der Waals surface area (Å²) in [5.41, 5.74) is 0.438. The first-order valence-electron chi connectivity index (χ1n) is 12.2. The van der Waals surface area contributed by atoms with Gasteiger partial charge in [0.25, 0.3) is 5.91 Å². The smallest absolute Gasteiger partial charge is 0.308 e. The summed E-state index contributed by atoms with van der Waals surface area (Å²) in [4.78, 5) is 39.4. The lowest BCUT2D eigenvalue weighted by Gasteiger charge is -2.34. The monoisotopic (exact) mass is 482 g/mol. The Balaban J connectivity index is 1.49. The van der Waals surface area contributed by atoms with Gasteiger partial charge in [0, 0.05) is 18.7 Å². The lowest BCUT2D eigenvalue weighted by Crippen LogP contribution is -2.57. The maximum atomic E-state index is 13.1. The standard InChI is InChI=1S/C27H34N2O6/c1-2-3-4-8-17-33-23-13-11-21(12-14-23)27(32)29-16-15-28-26(31)24(29)20-25(30)35-19-18-34-22-9-6-5-7-10-22/h5-7,9-14,24H,2-4,8,15-20H2,1H3,(H,28,31). The van der Waals surface area contributed by atoms with Gasteiger partial charge in [-0.25, -0.2) is 0 Å². The number of unbranched alkanes of at least 4 members (excludes halogenated alkanes) is 3. The van der Waals surface area contributed by atoms with E-state index in [1.54, 1.807) is 24.3 Å². The zero-order valence-corrected chi connectivity index (χ0v) is 20.2. The van der Waals surface area contributed by atoms with Crippen LogP contribution in [0.25, 0.3) is 0 Å². The third kappa shape index (κ3) is 8.31. The maximum Gasteiger partial charge on any atom is 0.308 e. The zero-order valence-electron chi connectivity index (χ0n) is 20.2. The average molecular weight is 483 g/mol. The number of piperazine rings is 1. The number of para-hydroxylation sites is 1. The van der Waals surface area contributed by atoms with E-state index in [1.807, 2.05) is 30.3 Å². The van der Waals surface area contributed by atoms with Crippen LogP contribution in [-0.4, -0.2) is 61.6 Å². The molecule has 1 aliphatic rings. The van der Waals surface area contributed by atoms with Gasteiger partial charge in [-0.2, -0.15) is 0 Å². The number of rotatable bonds is 13. The van der Waals surface area contributed by atoms with Crippen molar-refractivity contribution in [3.63, 3.8) is 0 Å². The van der Waals surface area contributed by atoms with Crippen molar-refractivity contribution in [1.29, 1.82) is 0 Å². The van der Waals surface area contributed by atoms with Gasteiger partial charge in [-0.05, 0) is 42.8 Å². The van der Waals surface area contributed by atoms with Crippen molar-refractivity contribution in [2.75, 3.05) is 32.9 Å². The highest BCUT2D eigenvalue weighted by atomic mass is 16.6. The fourth-order valence-electron chi connectivity index (χ4n) is 3.79. The molecule has 8 nitrogen and oxygen atoms in total. The van der Waals surface area contributed by atoms with E-state index in [4.69, 9.17) is 14.2 Å². The lowest BCUT2D eigenvalue weighted by atomic mass is 10.1. The molecule has 0 bridgehead atoms. The van der Waals surface area contributed by atoms with E-state index in [9.17, 15) is 14.4 Å². The molecule has 0 aromatic heterocycles. The Morgan fingerprint density at radius 3 is 2.37 bits per heavy atom. The molecule has 1 unspecified atom stereocenters. The van der Waals surface area contributed by atoms with Crippen LogP contribution in [0.1, 0.15) is 49.4 Å². The highest BCUT2D eigenvalue weighted by Crippen LogP contribution is 2.18. The second-order valence-electron chi connectivity index (χ2n) is 8.32. The summed E-state index contributed by atoms with van der Waals surface area (Å²) in [6.07, 6.45) is 4.27. The van der Waals surface area contributed by atoms with Crippen LogP contribution in [0.3, 0.4) is 0 Å². The molecule has 1 atom stereocenters. The molecule has 1 aliphatic heterocycles. The zero-order chi connectivity index (χ0) is 24.9. The number of nitrogens with zero attached hydrogens (tertiary/aromatic N) is 1. The Kier molecular flexibility index (Phi) is 10.4. The first-order chi connectivity index (χ1) is 17.1. The van der Waals surface area contributed by atoms with Crippen LogP contribution in [0.15, 0.2) is 54.6 Å². The Morgan fingerprint density at radius 1 is 0.914 bits per heavy atom. The van der Waals surface area contributed by atoms with E-state index >= 15 is 0 Å². The molecule has 0 saturated carbocycles. The molecule has 2 aromatic carbocycles. The van der Waals surface area contributed by atoms with Crippen molar-refractivity contribution in [2.24, 2.45) is 0 Å². The third-order valence-corrected chi connectivity index (χ3v) is 5.68. The number of hydrogen-bond acceptors (Lipinski definition) is 6. The molecule has 0 aliphatic carbocycles. The predicted octanol–water partition coefficient (Wildman–Crippen LogP) is 3.60. The molecule has 2 amide bonds. The van der Waals surface area contributed by atoms with E-state index in [0.717, 1.165) is 12.8 Å². The topological polar surface area (TPSA) is 94.2 Å². The van der Waals surface area contributed by atoms with Crippen molar-refractivity contribution < 1.29 is 28.6 Å². The van der Waals surface area contributed by atoms with Gasteiger partial charge in [0.2, 0.25) is 5.91 Å². The molecule has 1 fully saturated rings. The molecule has 1 heterocycles. The summed E-state index contributed by atoms with van der Waals surface area (Å²) in [5.74, 6) is 0.147. The molecule has 2 aromatic rings. The van der Waals surface area contributed by atoms with Gasteiger partial charge < -0.3 is 24.4 Å². The Bertz CT molecular complexity index is 948. The fraction of sp³-hybridized carbons (Fsp3) is 0.444. The quantitative estimate of drug-likeness (QED) is 0.346. The molecule has 188 valence electrons. The van der Waals surface area contributed by atoms with Crippen molar-refractivity contribution in [3.8, 4) is 11.5 Å². The van der Waals surface area contributed by atoms with Crippen molar-refractivity contribution in [1.82, 2.24) is 10.2 Å². The minimum Gasteiger partial charge on any atom is -0.494 e. The van der Waals surface area contributed by atoms with E-state index in [2.05, 4.69) is 12.2 Å². The van der Waals surface area contributed by atoms with Crippen LogP contribution in [0.5, 0.6) is 11.5 Å². The van der Waals surface area contributed by atoms with E-state index in [0.29, 0.717) is 36.8 Å². The lowest BCUT2D eigenvalue weighted by molar-refractivity contribution is -0.148. The van der Waals surface area contributed by atoms with Crippen molar-refractivity contribution in [3.05, 3.63) is 60.2 Å². The van der Waals surface area contributed by atoms with Gasteiger partial charge in [-0.15, -0.1) is 0 Å². The SMILES string of the molecule is CCCCCCOc1ccc(C(=O)N2CCNC(=O)C2CC(=O)OCCOc2ccccc2)cc1. The third-order valence-electron chi connectivity index (χ3n) is 5.68. The first-order valence-corrected chi connectivity index (χ1v) is 12.2. The minimum absolute atomic E-state index is 0.0515. The highest BCUT2D eigenvalue weighted by molar-refractivity contribution is 5.99. The predicted molar refractivity (Wildman–Crippen MR) is 131 cm³/mol.